The fourth-order valence-corrected chi connectivity index (χ4v) is 2.21. The lowest BCUT2D eigenvalue weighted by atomic mass is 10.2. The molecule has 1 aromatic rings. The van der Waals surface area contributed by atoms with Gasteiger partial charge in [-0.25, -0.2) is 4.68 Å². The van der Waals surface area contributed by atoms with E-state index in [0.29, 0.717) is 5.92 Å². The van der Waals surface area contributed by atoms with Crippen molar-refractivity contribution >= 4 is 11.8 Å². The zero-order valence-electron chi connectivity index (χ0n) is 12.1. The maximum atomic E-state index is 5.43. The van der Waals surface area contributed by atoms with Crippen LogP contribution in [0.3, 0.4) is 0 Å². The van der Waals surface area contributed by atoms with Crippen LogP contribution in [0.25, 0.3) is 0 Å². The molecule has 7 heteroatoms. The number of tetrazole rings is 1. The van der Waals surface area contributed by atoms with E-state index in [0.717, 1.165) is 50.2 Å². The molecule has 0 amide bonds. The lowest BCUT2D eigenvalue weighted by Gasteiger charge is -2.08. The molecule has 110 valence electrons. The van der Waals surface area contributed by atoms with Gasteiger partial charge in [0.25, 0.3) is 0 Å². The molecule has 1 rings (SSSR count). The molecule has 0 aliphatic rings. The molecule has 1 aromatic heterocycles. The summed E-state index contributed by atoms with van der Waals surface area (Å²) in [5.74, 6) is 1.55. The van der Waals surface area contributed by atoms with Crippen molar-refractivity contribution in [3.05, 3.63) is 0 Å². The minimum atomic E-state index is 0.665. The average Bonchev–Trinajstić information content (AvgIpc) is 2.82. The topological polar surface area (TPSA) is 64.9 Å². The largest absolute Gasteiger partial charge is 0.381 e. The Balaban J connectivity index is 2.18. The van der Waals surface area contributed by atoms with Gasteiger partial charge < -0.3 is 10.1 Å². The molecule has 0 aliphatic carbocycles. The number of ether oxygens (including phenoxy) is 1. The molecule has 0 bridgehead atoms. The third-order valence-corrected chi connectivity index (χ3v) is 3.28. The first kappa shape index (κ1) is 16.4. The molecule has 19 heavy (non-hydrogen) atoms. The molecule has 6 nitrogen and oxygen atoms in total. The van der Waals surface area contributed by atoms with E-state index in [1.54, 1.807) is 11.8 Å². The van der Waals surface area contributed by atoms with E-state index in [1.165, 1.54) is 0 Å². The molecule has 0 saturated carbocycles. The Kier molecular flexibility index (Phi) is 8.77. The number of thioether (sulfide) groups is 1. The van der Waals surface area contributed by atoms with Crippen molar-refractivity contribution in [3.63, 3.8) is 0 Å². The van der Waals surface area contributed by atoms with Gasteiger partial charge in [-0.2, -0.15) is 0 Å². The summed E-state index contributed by atoms with van der Waals surface area (Å²) in [6.45, 7) is 10.8. The van der Waals surface area contributed by atoms with Gasteiger partial charge in [-0.1, -0.05) is 32.5 Å². The fraction of sp³-hybridized carbons (Fsp3) is 0.917. The fourth-order valence-electron chi connectivity index (χ4n) is 1.45. The van der Waals surface area contributed by atoms with Crippen molar-refractivity contribution in [2.45, 2.75) is 38.9 Å². The van der Waals surface area contributed by atoms with E-state index in [4.69, 9.17) is 4.74 Å². The molecular formula is C12H25N5OS. The van der Waals surface area contributed by atoms with Crippen LogP contribution in [0.1, 0.15) is 27.2 Å². The molecular weight excluding hydrogens is 262 g/mol. The van der Waals surface area contributed by atoms with Crippen LogP contribution in [0.4, 0.5) is 0 Å². The van der Waals surface area contributed by atoms with E-state index < -0.39 is 0 Å². The molecule has 0 saturated heterocycles. The van der Waals surface area contributed by atoms with Gasteiger partial charge in [0.05, 0.1) is 13.2 Å². The molecule has 0 aliphatic heterocycles. The average molecular weight is 287 g/mol. The molecule has 0 radical (unpaired) electrons. The van der Waals surface area contributed by atoms with Crippen LogP contribution in [0, 0.1) is 5.92 Å². The summed E-state index contributed by atoms with van der Waals surface area (Å²) in [5.41, 5.74) is 0. The van der Waals surface area contributed by atoms with Crippen LogP contribution in [0.5, 0.6) is 0 Å². The first-order chi connectivity index (χ1) is 9.24. The normalized spacial score (nSPS) is 11.4. The summed E-state index contributed by atoms with van der Waals surface area (Å²) >= 11 is 1.64. The highest BCUT2D eigenvalue weighted by atomic mass is 32.2. The summed E-state index contributed by atoms with van der Waals surface area (Å²) in [4.78, 5) is 0. The smallest absolute Gasteiger partial charge is 0.209 e. The summed E-state index contributed by atoms with van der Waals surface area (Å²) < 4.78 is 7.28. The van der Waals surface area contributed by atoms with E-state index in [9.17, 15) is 0 Å². The lowest BCUT2D eigenvalue weighted by molar-refractivity contribution is 0.151. The first-order valence-electron chi connectivity index (χ1n) is 6.91. The number of nitrogens with one attached hydrogen (secondary N) is 1. The lowest BCUT2D eigenvalue weighted by Crippen LogP contribution is -2.24. The van der Waals surface area contributed by atoms with Crippen molar-refractivity contribution in [2.24, 2.45) is 5.92 Å². The van der Waals surface area contributed by atoms with Crippen molar-refractivity contribution < 1.29 is 4.74 Å². The summed E-state index contributed by atoms with van der Waals surface area (Å²) in [6, 6.07) is 0. The van der Waals surface area contributed by atoms with Crippen LogP contribution < -0.4 is 5.32 Å². The molecule has 0 aromatic carbocycles. The number of hydrogen-bond donors (Lipinski definition) is 1. The van der Waals surface area contributed by atoms with Crippen LogP contribution in [0.15, 0.2) is 5.16 Å². The maximum absolute atomic E-state index is 5.43. The number of aromatic nitrogens is 4. The van der Waals surface area contributed by atoms with Crippen molar-refractivity contribution in [1.82, 2.24) is 25.5 Å². The SMILES string of the molecule is CCCOCCSc1nnnn1CCNCC(C)C. The predicted octanol–water partition coefficient (Wildman–Crippen LogP) is 1.44. The highest BCUT2D eigenvalue weighted by Crippen LogP contribution is 2.12. The van der Waals surface area contributed by atoms with Crippen LogP contribution >= 0.6 is 11.8 Å². The van der Waals surface area contributed by atoms with Gasteiger partial charge in [0, 0.05) is 18.9 Å². The van der Waals surface area contributed by atoms with Gasteiger partial charge in [-0.15, -0.1) is 5.10 Å². The van der Waals surface area contributed by atoms with Gasteiger partial charge in [-0.05, 0) is 29.3 Å². The third kappa shape index (κ3) is 7.49. The Bertz CT molecular complexity index is 332. The van der Waals surface area contributed by atoms with Crippen LogP contribution in [-0.4, -0.2) is 52.3 Å². The summed E-state index contributed by atoms with van der Waals surface area (Å²) in [6.07, 6.45) is 1.06. The first-order valence-corrected chi connectivity index (χ1v) is 7.90. The highest BCUT2D eigenvalue weighted by molar-refractivity contribution is 7.99. The zero-order valence-corrected chi connectivity index (χ0v) is 12.9. The second-order valence-corrected chi connectivity index (χ2v) is 5.81. The Morgan fingerprint density at radius 2 is 2.21 bits per heavy atom. The predicted molar refractivity (Wildman–Crippen MR) is 77.4 cm³/mol. The van der Waals surface area contributed by atoms with Gasteiger partial charge in [0.15, 0.2) is 0 Å². The minimum Gasteiger partial charge on any atom is -0.381 e. The number of rotatable bonds is 11. The summed E-state index contributed by atoms with van der Waals surface area (Å²) in [7, 11) is 0. The van der Waals surface area contributed by atoms with Crippen LogP contribution in [-0.2, 0) is 11.3 Å². The highest BCUT2D eigenvalue weighted by Gasteiger charge is 2.06. The van der Waals surface area contributed by atoms with E-state index in [-0.39, 0.29) is 0 Å². The molecule has 0 spiro atoms. The quantitative estimate of drug-likeness (QED) is 0.491. The van der Waals surface area contributed by atoms with Crippen molar-refractivity contribution in [3.8, 4) is 0 Å². The molecule has 1 heterocycles. The van der Waals surface area contributed by atoms with E-state index >= 15 is 0 Å². The Labute approximate surface area is 119 Å². The third-order valence-electron chi connectivity index (χ3n) is 2.36. The molecule has 1 N–H and O–H groups in total. The van der Waals surface area contributed by atoms with Gasteiger partial charge in [-0.3, -0.25) is 0 Å². The molecule has 0 atom stereocenters. The standard InChI is InChI=1S/C12H25N5OS/c1-4-7-18-8-9-19-12-14-15-16-17(12)6-5-13-10-11(2)3/h11,13H,4-10H2,1-3H3. The van der Waals surface area contributed by atoms with Crippen molar-refractivity contribution in [2.75, 3.05) is 32.1 Å². The van der Waals surface area contributed by atoms with Gasteiger partial charge in [0.2, 0.25) is 5.16 Å². The Hall–Kier alpha value is -0.660. The monoisotopic (exact) mass is 287 g/mol. The Morgan fingerprint density at radius 1 is 1.37 bits per heavy atom. The summed E-state index contributed by atoms with van der Waals surface area (Å²) in [5, 5.41) is 16.0. The van der Waals surface area contributed by atoms with Crippen LogP contribution in [0.2, 0.25) is 0 Å². The maximum Gasteiger partial charge on any atom is 0.209 e. The van der Waals surface area contributed by atoms with Gasteiger partial charge in [0.1, 0.15) is 0 Å². The zero-order chi connectivity index (χ0) is 13.9. The van der Waals surface area contributed by atoms with Crippen molar-refractivity contribution in [1.29, 1.82) is 0 Å². The van der Waals surface area contributed by atoms with E-state index in [2.05, 4.69) is 41.6 Å². The second-order valence-electron chi connectivity index (χ2n) is 4.74. The van der Waals surface area contributed by atoms with Gasteiger partial charge >= 0.3 is 0 Å². The number of hydrogen-bond acceptors (Lipinski definition) is 6. The minimum absolute atomic E-state index is 0.665. The second kappa shape index (κ2) is 10.2. The van der Waals surface area contributed by atoms with E-state index in [1.807, 2.05) is 4.68 Å². The molecule has 0 unspecified atom stereocenters. The number of nitrogens with zero attached hydrogens (tertiary/aromatic N) is 4. The Morgan fingerprint density at radius 3 is 2.95 bits per heavy atom. The molecule has 0 fully saturated rings.